The van der Waals surface area contributed by atoms with Crippen LogP contribution >= 0.6 is 0 Å². The minimum absolute atomic E-state index is 0.864. The summed E-state index contributed by atoms with van der Waals surface area (Å²) in [5, 5.41) is 1.06. The Bertz CT molecular complexity index is 543. The van der Waals surface area contributed by atoms with Gasteiger partial charge in [0.25, 0.3) is 0 Å². The Morgan fingerprint density at radius 1 is 1.05 bits per heavy atom. The first-order chi connectivity index (χ1) is 9.77. The quantitative estimate of drug-likeness (QED) is 0.766. The zero-order chi connectivity index (χ0) is 14.4. The average molecular weight is 271 g/mol. The lowest BCUT2D eigenvalue weighted by Crippen LogP contribution is -2.26. The Hall–Kier alpha value is -1.77. The number of fused-ring (bicyclic) bond motifs is 1. The van der Waals surface area contributed by atoms with Crippen LogP contribution in [0.5, 0.6) is 0 Å². The number of nitrogens with zero attached hydrogens (tertiary/aromatic N) is 2. The standard InChI is InChI=1S/C17H25N3/c1-3-5-12-20(13-6-4-2)16-10-9-15-14(17(16)18)8-7-11-19-15/h7-11H,3-6,12-13,18H2,1-2H3. The first-order valence-corrected chi connectivity index (χ1v) is 7.66. The zero-order valence-corrected chi connectivity index (χ0v) is 12.6. The highest BCUT2D eigenvalue weighted by Gasteiger charge is 2.11. The Balaban J connectivity index is 2.33. The molecule has 1 heterocycles. The van der Waals surface area contributed by atoms with Gasteiger partial charge in [0.15, 0.2) is 0 Å². The molecule has 1 aromatic heterocycles. The molecule has 0 unspecified atom stereocenters. The molecule has 0 spiro atoms. The molecule has 0 amide bonds. The fourth-order valence-corrected chi connectivity index (χ4v) is 2.49. The van der Waals surface area contributed by atoms with Gasteiger partial charge < -0.3 is 10.6 Å². The molecule has 1 aromatic carbocycles. The number of unbranched alkanes of at least 4 members (excludes halogenated alkanes) is 2. The van der Waals surface area contributed by atoms with Crippen molar-refractivity contribution in [3.05, 3.63) is 30.5 Å². The van der Waals surface area contributed by atoms with Crippen molar-refractivity contribution in [2.24, 2.45) is 0 Å². The van der Waals surface area contributed by atoms with E-state index in [-0.39, 0.29) is 0 Å². The monoisotopic (exact) mass is 271 g/mol. The number of nitrogen functional groups attached to an aromatic ring is 1. The molecule has 20 heavy (non-hydrogen) atoms. The summed E-state index contributed by atoms with van der Waals surface area (Å²) in [7, 11) is 0. The number of anilines is 2. The molecule has 0 fully saturated rings. The fraction of sp³-hybridized carbons (Fsp3) is 0.471. The van der Waals surface area contributed by atoms with Crippen molar-refractivity contribution in [1.29, 1.82) is 0 Å². The molecule has 0 aliphatic carbocycles. The van der Waals surface area contributed by atoms with E-state index >= 15 is 0 Å². The van der Waals surface area contributed by atoms with Crippen LogP contribution in [0.4, 0.5) is 11.4 Å². The van der Waals surface area contributed by atoms with Gasteiger partial charge in [-0.25, -0.2) is 0 Å². The molecule has 2 rings (SSSR count). The van der Waals surface area contributed by atoms with Gasteiger partial charge in [0.05, 0.1) is 16.9 Å². The third-order valence-electron chi connectivity index (χ3n) is 3.71. The maximum atomic E-state index is 6.38. The second kappa shape index (κ2) is 7.13. The van der Waals surface area contributed by atoms with Crippen LogP contribution in [-0.2, 0) is 0 Å². The van der Waals surface area contributed by atoms with E-state index in [9.17, 15) is 0 Å². The number of aromatic nitrogens is 1. The summed E-state index contributed by atoms with van der Waals surface area (Å²) < 4.78 is 0. The van der Waals surface area contributed by atoms with Gasteiger partial charge in [0.2, 0.25) is 0 Å². The lowest BCUT2D eigenvalue weighted by Gasteiger charge is -2.26. The topological polar surface area (TPSA) is 42.2 Å². The van der Waals surface area contributed by atoms with Gasteiger partial charge in [-0.3, -0.25) is 4.98 Å². The van der Waals surface area contributed by atoms with Crippen LogP contribution in [-0.4, -0.2) is 18.1 Å². The minimum Gasteiger partial charge on any atom is -0.396 e. The summed E-state index contributed by atoms with van der Waals surface area (Å²) in [6.07, 6.45) is 6.63. The van der Waals surface area contributed by atoms with E-state index in [4.69, 9.17) is 5.73 Å². The summed E-state index contributed by atoms with van der Waals surface area (Å²) >= 11 is 0. The normalized spacial score (nSPS) is 10.9. The van der Waals surface area contributed by atoms with Crippen LogP contribution in [0.2, 0.25) is 0 Å². The summed E-state index contributed by atoms with van der Waals surface area (Å²) in [5.41, 5.74) is 9.38. The molecule has 2 N–H and O–H groups in total. The van der Waals surface area contributed by atoms with Crippen LogP contribution < -0.4 is 10.6 Å². The molecule has 0 saturated heterocycles. The average Bonchev–Trinajstić information content (AvgIpc) is 2.49. The van der Waals surface area contributed by atoms with Crippen LogP contribution in [0, 0.1) is 0 Å². The van der Waals surface area contributed by atoms with E-state index in [1.54, 1.807) is 0 Å². The number of benzene rings is 1. The van der Waals surface area contributed by atoms with E-state index in [1.807, 2.05) is 12.3 Å². The van der Waals surface area contributed by atoms with Crippen molar-refractivity contribution in [2.45, 2.75) is 39.5 Å². The molecule has 0 aliphatic heterocycles. The zero-order valence-electron chi connectivity index (χ0n) is 12.6. The van der Waals surface area contributed by atoms with Crippen LogP contribution in [0.25, 0.3) is 10.9 Å². The minimum atomic E-state index is 0.864. The largest absolute Gasteiger partial charge is 0.396 e. The van der Waals surface area contributed by atoms with Crippen molar-refractivity contribution in [3.63, 3.8) is 0 Å². The van der Waals surface area contributed by atoms with Crippen LogP contribution in [0.3, 0.4) is 0 Å². The predicted molar refractivity (Wildman–Crippen MR) is 88.2 cm³/mol. The lowest BCUT2D eigenvalue weighted by atomic mass is 10.1. The summed E-state index contributed by atoms with van der Waals surface area (Å²) in [6.45, 7) is 6.61. The van der Waals surface area contributed by atoms with Crippen molar-refractivity contribution in [2.75, 3.05) is 23.7 Å². The van der Waals surface area contributed by atoms with Gasteiger partial charge in [-0.05, 0) is 37.1 Å². The van der Waals surface area contributed by atoms with Crippen LogP contribution in [0.15, 0.2) is 30.5 Å². The molecule has 3 heteroatoms. The Morgan fingerprint density at radius 3 is 2.40 bits per heavy atom. The van der Waals surface area contributed by atoms with Gasteiger partial charge in [-0.2, -0.15) is 0 Å². The van der Waals surface area contributed by atoms with E-state index in [2.05, 4.69) is 41.9 Å². The number of pyridine rings is 1. The SMILES string of the molecule is CCCCN(CCCC)c1ccc2ncccc2c1N. The molecular formula is C17H25N3. The third kappa shape index (κ3) is 3.21. The third-order valence-corrected chi connectivity index (χ3v) is 3.71. The summed E-state index contributed by atoms with van der Waals surface area (Å²) in [5.74, 6) is 0. The van der Waals surface area contributed by atoms with E-state index in [0.29, 0.717) is 0 Å². The van der Waals surface area contributed by atoms with Gasteiger partial charge >= 0.3 is 0 Å². The lowest BCUT2D eigenvalue weighted by molar-refractivity contribution is 0.679. The van der Waals surface area contributed by atoms with Gasteiger partial charge in [-0.1, -0.05) is 26.7 Å². The second-order valence-corrected chi connectivity index (χ2v) is 5.26. The van der Waals surface area contributed by atoms with E-state index in [0.717, 1.165) is 35.4 Å². The fourth-order valence-electron chi connectivity index (χ4n) is 2.49. The maximum absolute atomic E-state index is 6.38. The smallest absolute Gasteiger partial charge is 0.0724 e. The highest BCUT2D eigenvalue weighted by atomic mass is 15.1. The molecule has 2 aromatic rings. The number of hydrogen-bond donors (Lipinski definition) is 1. The molecule has 3 nitrogen and oxygen atoms in total. The molecule has 0 radical (unpaired) electrons. The van der Waals surface area contributed by atoms with Crippen molar-refractivity contribution >= 4 is 22.3 Å². The summed E-state index contributed by atoms with van der Waals surface area (Å²) in [4.78, 5) is 6.79. The van der Waals surface area contributed by atoms with Gasteiger partial charge in [0, 0.05) is 24.7 Å². The Labute approximate surface area is 121 Å². The Morgan fingerprint density at radius 2 is 1.75 bits per heavy atom. The van der Waals surface area contributed by atoms with E-state index < -0.39 is 0 Å². The van der Waals surface area contributed by atoms with Crippen molar-refractivity contribution in [1.82, 2.24) is 4.98 Å². The molecule has 0 atom stereocenters. The molecular weight excluding hydrogens is 246 g/mol. The molecule has 108 valence electrons. The van der Waals surface area contributed by atoms with E-state index in [1.165, 1.54) is 25.7 Å². The maximum Gasteiger partial charge on any atom is 0.0724 e. The van der Waals surface area contributed by atoms with Gasteiger partial charge in [0.1, 0.15) is 0 Å². The number of rotatable bonds is 7. The molecule has 0 saturated carbocycles. The predicted octanol–water partition coefficient (Wildman–Crippen LogP) is 4.22. The first-order valence-electron chi connectivity index (χ1n) is 7.66. The summed E-state index contributed by atoms with van der Waals surface area (Å²) in [6, 6.07) is 8.20. The Kier molecular flexibility index (Phi) is 5.22. The van der Waals surface area contributed by atoms with Crippen LogP contribution in [0.1, 0.15) is 39.5 Å². The van der Waals surface area contributed by atoms with Crippen molar-refractivity contribution in [3.8, 4) is 0 Å². The highest BCUT2D eigenvalue weighted by Crippen LogP contribution is 2.30. The second-order valence-electron chi connectivity index (χ2n) is 5.26. The number of nitrogens with two attached hydrogens (primary N) is 1. The molecule has 0 bridgehead atoms. The van der Waals surface area contributed by atoms with Gasteiger partial charge in [-0.15, -0.1) is 0 Å². The van der Waals surface area contributed by atoms with Crippen molar-refractivity contribution < 1.29 is 0 Å². The molecule has 0 aliphatic rings. The number of hydrogen-bond acceptors (Lipinski definition) is 3. The highest BCUT2D eigenvalue weighted by molar-refractivity contribution is 5.97. The first kappa shape index (κ1) is 14.6.